The number of nitrogens with zero attached hydrogens (tertiary/aromatic N) is 1. The number of hydrogen-bond donors (Lipinski definition) is 2. The van der Waals surface area contributed by atoms with E-state index >= 15 is 0 Å². The summed E-state index contributed by atoms with van der Waals surface area (Å²) < 4.78 is 0. The number of carbonyl (C=O) groups excluding carboxylic acids is 1. The molecule has 2 aromatic rings. The van der Waals surface area contributed by atoms with Crippen molar-refractivity contribution in [1.29, 1.82) is 0 Å². The number of aliphatic hydroxyl groups is 1. The zero-order chi connectivity index (χ0) is 16.4. The molecule has 1 amide bonds. The molecule has 1 aromatic heterocycles. The van der Waals surface area contributed by atoms with Crippen molar-refractivity contribution >= 4 is 17.2 Å². The number of amides is 1. The van der Waals surface area contributed by atoms with Crippen LogP contribution in [-0.2, 0) is 0 Å². The molecule has 2 N–H and O–H groups in total. The van der Waals surface area contributed by atoms with Gasteiger partial charge in [0.15, 0.2) is 0 Å². The third kappa shape index (κ3) is 3.79. The number of aromatic nitrogens is 1. The van der Waals surface area contributed by atoms with Crippen molar-refractivity contribution in [2.75, 3.05) is 0 Å². The SMILES string of the molecule is Cc1ccc(-c2nc(C(=O)NC3CCC(O)CC3)cs2)c(C)c1. The molecule has 1 fully saturated rings. The largest absolute Gasteiger partial charge is 0.393 e. The highest BCUT2D eigenvalue weighted by Crippen LogP contribution is 2.27. The zero-order valence-corrected chi connectivity index (χ0v) is 14.3. The Labute approximate surface area is 140 Å². The molecule has 4 nitrogen and oxygen atoms in total. The Morgan fingerprint density at radius 3 is 2.70 bits per heavy atom. The lowest BCUT2D eigenvalue weighted by molar-refractivity contribution is 0.0864. The first-order valence-electron chi connectivity index (χ1n) is 8.05. The molecule has 0 radical (unpaired) electrons. The fourth-order valence-electron chi connectivity index (χ4n) is 3.03. The molecule has 1 aliphatic carbocycles. The molecule has 0 aliphatic heterocycles. The van der Waals surface area contributed by atoms with Gasteiger partial charge in [-0.15, -0.1) is 11.3 Å². The third-order valence-corrected chi connectivity index (χ3v) is 5.26. The molecule has 0 unspecified atom stereocenters. The molecular weight excluding hydrogens is 308 g/mol. The summed E-state index contributed by atoms with van der Waals surface area (Å²) in [5.74, 6) is -0.112. The summed E-state index contributed by atoms with van der Waals surface area (Å²) in [7, 11) is 0. The Bertz CT molecular complexity index is 703. The molecule has 5 heteroatoms. The van der Waals surface area contributed by atoms with Crippen LogP contribution in [0.1, 0.15) is 47.3 Å². The van der Waals surface area contributed by atoms with Gasteiger partial charge in [-0.05, 0) is 45.1 Å². The predicted molar refractivity (Wildman–Crippen MR) is 92.8 cm³/mol. The van der Waals surface area contributed by atoms with Crippen LogP contribution in [0.25, 0.3) is 10.6 Å². The van der Waals surface area contributed by atoms with Crippen molar-refractivity contribution < 1.29 is 9.90 Å². The van der Waals surface area contributed by atoms with Crippen LogP contribution in [0.15, 0.2) is 23.6 Å². The minimum atomic E-state index is -0.210. The van der Waals surface area contributed by atoms with Crippen LogP contribution >= 0.6 is 11.3 Å². The monoisotopic (exact) mass is 330 g/mol. The van der Waals surface area contributed by atoms with Crippen LogP contribution in [0.2, 0.25) is 0 Å². The highest BCUT2D eigenvalue weighted by Gasteiger charge is 2.22. The molecule has 1 aliphatic rings. The number of hydrogen-bond acceptors (Lipinski definition) is 4. The van der Waals surface area contributed by atoms with E-state index in [2.05, 4.69) is 42.3 Å². The van der Waals surface area contributed by atoms with Crippen molar-refractivity contribution in [3.8, 4) is 10.6 Å². The van der Waals surface area contributed by atoms with Gasteiger partial charge in [-0.2, -0.15) is 0 Å². The zero-order valence-electron chi connectivity index (χ0n) is 13.5. The number of benzene rings is 1. The molecule has 0 bridgehead atoms. The van der Waals surface area contributed by atoms with Gasteiger partial charge in [-0.3, -0.25) is 4.79 Å². The van der Waals surface area contributed by atoms with Crippen molar-refractivity contribution in [2.45, 2.75) is 51.7 Å². The average molecular weight is 330 g/mol. The van der Waals surface area contributed by atoms with E-state index in [4.69, 9.17) is 0 Å². The van der Waals surface area contributed by atoms with Crippen LogP contribution in [0, 0.1) is 13.8 Å². The standard InChI is InChI=1S/C18H22N2O2S/c1-11-3-8-15(12(2)9-11)18-20-16(10-23-18)17(22)19-13-4-6-14(21)7-5-13/h3,8-10,13-14,21H,4-7H2,1-2H3,(H,19,22). The molecule has 3 rings (SSSR count). The van der Waals surface area contributed by atoms with Gasteiger partial charge >= 0.3 is 0 Å². The average Bonchev–Trinajstić information content (AvgIpc) is 2.99. The fraction of sp³-hybridized carbons (Fsp3) is 0.444. The molecule has 0 spiro atoms. The Balaban J connectivity index is 1.70. The number of aryl methyl sites for hydroxylation is 2. The van der Waals surface area contributed by atoms with Crippen LogP contribution in [0.3, 0.4) is 0 Å². The van der Waals surface area contributed by atoms with Gasteiger partial charge in [-0.1, -0.05) is 23.8 Å². The van der Waals surface area contributed by atoms with E-state index in [-0.39, 0.29) is 18.1 Å². The van der Waals surface area contributed by atoms with Crippen LogP contribution in [0.5, 0.6) is 0 Å². The van der Waals surface area contributed by atoms with E-state index in [1.54, 1.807) is 0 Å². The van der Waals surface area contributed by atoms with Gasteiger partial charge < -0.3 is 10.4 Å². The quantitative estimate of drug-likeness (QED) is 0.906. The first-order valence-corrected chi connectivity index (χ1v) is 8.93. The highest BCUT2D eigenvalue weighted by atomic mass is 32.1. The molecule has 1 heterocycles. The number of rotatable bonds is 3. The summed E-state index contributed by atoms with van der Waals surface area (Å²) in [6.07, 6.45) is 2.98. The first kappa shape index (κ1) is 16.1. The van der Waals surface area contributed by atoms with Gasteiger partial charge in [0.25, 0.3) is 5.91 Å². The van der Waals surface area contributed by atoms with Gasteiger partial charge in [0.2, 0.25) is 0 Å². The number of aliphatic hydroxyl groups excluding tert-OH is 1. The van der Waals surface area contributed by atoms with Gasteiger partial charge in [-0.25, -0.2) is 4.98 Å². The molecule has 23 heavy (non-hydrogen) atoms. The van der Waals surface area contributed by atoms with Crippen LogP contribution in [-0.4, -0.2) is 28.1 Å². The minimum absolute atomic E-state index is 0.112. The fourth-order valence-corrected chi connectivity index (χ4v) is 3.92. The maximum Gasteiger partial charge on any atom is 0.270 e. The van der Waals surface area contributed by atoms with E-state index < -0.39 is 0 Å². The maximum absolute atomic E-state index is 12.3. The Hall–Kier alpha value is -1.72. The third-order valence-electron chi connectivity index (χ3n) is 4.38. The van der Waals surface area contributed by atoms with Crippen LogP contribution in [0.4, 0.5) is 0 Å². The lowest BCUT2D eigenvalue weighted by atomic mass is 9.93. The Morgan fingerprint density at radius 2 is 2.00 bits per heavy atom. The minimum Gasteiger partial charge on any atom is -0.393 e. The Morgan fingerprint density at radius 1 is 1.26 bits per heavy atom. The summed E-state index contributed by atoms with van der Waals surface area (Å²) in [5, 5.41) is 15.3. The molecule has 122 valence electrons. The topological polar surface area (TPSA) is 62.2 Å². The number of nitrogens with one attached hydrogen (secondary N) is 1. The summed E-state index contributed by atoms with van der Waals surface area (Å²) >= 11 is 1.50. The van der Waals surface area contributed by atoms with E-state index in [9.17, 15) is 9.90 Å². The summed E-state index contributed by atoms with van der Waals surface area (Å²) in [5.41, 5.74) is 3.96. The Kier molecular flexibility index (Phi) is 4.78. The molecular formula is C18H22N2O2S. The lowest BCUT2D eigenvalue weighted by Crippen LogP contribution is -2.38. The van der Waals surface area contributed by atoms with Crippen molar-refractivity contribution in [2.24, 2.45) is 0 Å². The normalized spacial score (nSPS) is 21.2. The van der Waals surface area contributed by atoms with Crippen molar-refractivity contribution in [3.63, 3.8) is 0 Å². The highest BCUT2D eigenvalue weighted by molar-refractivity contribution is 7.13. The number of thiazole rings is 1. The van der Waals surface area contributed by atoms with E-state index in [0.717, 1.165) is 36.3 Å². The second-order valence-electron chi connectivity index (χ2n) is 6.34. The lowest BCUT2D eigenvalue weighted by Gasteiger charge is -2.25. The van der Waals surface area contributed by atoms with E-state index in [0.29, 0.717) is 5.69 Å². The summed E-state index contributed by atoms with van der Waals surface area (Å²) in [4.78, 5) is 16.9. The first-order chi connectivity index (χ1) is 11.0. The van der Waals surface area contributed by atoms with Crippen molar-refractivity contribution in [1.82, 2.24) is 10.3 Å². The summed E-state index contributed by atoms with van der Waals surface area (Å²) in [6.45, 7) is 4.13. The van der Waals surface area contributed by atoms with Crippen LogP contribution < -0.4 is 5.32 Å². The number of carbonyl (C=O) groups is 1. The molecule has 1 saturated carbocycles. The van der Waals surface area contributed by atoms with Crippen molar-refractivity contribution in [3.05, 3.63) is 40.4 Å². The summed E-state index contributed by atoms with van der Waals surface area (Å²) in [6, 6.07) is 6.41. The van der Waals surface area contributed by atoms with Gasteiger partial charge in [0, 0.05) is 17.0 Å². The van der Waals surface area contributed by atoms with Gasteiger partial charge in [0.05, 0.1) is 6.10 Å². The second kappa shape index (κ2) is 6.81. The predicted octanol–water partition coefficient (Wildman–Crippen LogP) is 3.46. The molecule has 1 aromatic carbocycles. The second-order valence-corrected chi connectivity index (χ2v) is 7.19. The van der Waals surface area contributed by atoms with E-state index in [1.807, 2.05) is 5.38 Å². The molecule has 0 atom stereocenters. The smallest absolute Gasteiger partial charge is 0.270 e. The van der Waals surface area contributed by atoms with E-state index in [1.165, 1.54) is 22.5 Å². The maximum atomic E-state index is 12.3. The van der Waals surface area contributed by atoms with Gasteiger partial charge in [0.1, 0.15) is 10.7 Å². The molecule has 0 saturated heterocycles.